The number of rotatable bonds is 1. The van der Waals surface area contributed by atoms with Crippen LogP contribution in [0, 0.1) is 0 Å². The summed E-state index contributed by atoms with van der Waals surface area (Å²) in [6, 6.07) is 7.95. The molecule has 0 saturated carbocycles. The summed E-state index contributed by atoms with van der Waals surface area (Å²) in [6.45, 7) is 8.21. The number of nitrogens with zero attached hydrogens (tertiary/aromatic N) is 1. The molecule has 1 aromatic heterocycles. The van der Waals surface area contributed by atoms with Gasteiger partial charge >= 0.3 is 7.12 Å². The van der Waals surface area contributed by atoms with E-state index in [1.165, 1.54) is 0 Å². The molecule has 4 nitrogen and oxygen atoms in total. The summed E-state index contributed by atoms with van der Waals surface area (Å²) in [6.07, 6.45) is 1.78. The van der Waals surface area contributed by atoms with Gasteiger partial charge in [0.1, 0.15) is 5.82 Å². The Kier molecular flexibility index (Phi) is 2.82. The van der Waals surface area contributed by atoms with Gasteiger partial charge in [0.15, 0.2) is 0 Å². The van der Waals surface area contributed by atoms with Crippen molar-refractivity contribution in [3.63, 3.8) is 0 Å². The summed E-state index contributed by atoms with van der Waals surface area (Å²) in [5.41, 5.74) is 6.04. The maximum absolute atomic E-state index is 6.06. The van der Waals surface area contributed by atoms with Crippen LogP contribution < -0.4 is 11.2 Å². The highest BCUT2D eigenvalue weighted by atomic mass is 16.7. The van der Waals surface area contributed by atoms with Crippen molar-refractivity contribution in [3.05, 3.63) is 30.5 Å². The molecule has 0 unspecified atom stereocenters. The molecular formula is C15H19BN2O2. The van der Waals surface area contributed by atoms with Gasteiger partial charge in [-0.15, -0.1) is 0 Å². The Bertz CT molecular complexity index is 654. The zero-order valence-electron chi connectivity index (χ0n) is 12.3. The third-order valence-electron chi connectivity index (χ3n) is 4.29. The first kappa shape index (κ1) is 13.4. The summed E-state index contributed by atoms with van der Waals surface area (Å²) >= 11 is 0. The number of hydrogen-bond donors (Lipinski definition) is 1. The van der Waals surface area contributed by atoms with Gasteiger partial charge in [-0.05, 0) is 50.0 Å². The molecule has 2 N–H and O–H groups in total. The van der Waals surface area contributed by atoms with Crippen molar-refractivity contribution in [1.82, 2.24) is 4.98 Å². The van der Waals surface area contributed by atoms with Crippen molar-refractivity contribution in [2.24, 2.45) is 0 Å². The van der Waals surface area contributed by atoms with Gasteiger partial charge in [-0.3, -0.25) is 0 Å². The Hall–Kier alpha value is -1.59. The number of nitrogens with two attached hydrogens (primary N) is 1. The molecule has 0 bridgehead atoms. The van der Waals surface area contributed by atoms with E-state index in [2.05, 4.69) is 32.7 Å². The molecule has 1 aliphatic rings. The largest absolute Gasteiger partial charge is 0.494 e. The van der Waals surface area contributed by atoms with Gasteiger partial charge in [-0.2, -0.15) is 0 Å². The minimum atomic E-state index is -0.345. The lowest BCUT2D eigenvalue weighted by Gasteiger charge is -2.32. The topological polar surface area (TPSA) is 57.4 Å². The maximum atomic E-state index is 6.06. The predicted octanol–water partition coefficient (Wildman–Crippen LogP) is 2.12. The van der Waals surface area contributed by atoms with Crippen molar-refractivity contribution >= 4 is 29.2 Å². The zero-order chi connectivity index (χ0) is 14.5. The van der Waals surface area contributed by atoms with Crippen LogP contribution in [0.15, 0.2) is 30.5 Å². The fraction of sp³-hybridized carbons (Fsp3) is 0.400. The summed E-state index contributed by atoms with van der Waals surface area (Å²) in [5.74, 6) is 0.529. The second-order valence-corrected chi connectivity index (χ2v) is 6.30. The van der Waals surface area contributed by atoms with Crippen molar-refractivity contribution in [2.75, 3.05) is 5.73 Å². The molecule has 0 aliphatic carbocycles. The van der Waals surface area contributed by atoms with Crippen LogP contribution in [-0.2, 0) is 9.31 Å². The standard InChI is InChI=1S/C15H19BN2O2/c1-14(2)15(3,4)20-16(19-14)12-6-5-10-8-13(17)18-9-11(10)7-12/h5-9H,1-4H3,(H2,17,18). The van der Waals surface area contributed by atoms with E-state index >= 15 is 0 Å². The van der Waals surface area contributed by atoms with Crippen molar-refractivity contribution < 1.29 is 9.31 Å². The molecule has 5 heteroatoms. The number of pyridine rings is 1. The minimum absolute atomic E-state index is 0.327. The lowest BCUT2D eigenvalue weighted by atomic mass is 9.78. The van der Waals surface area contributed by atoms with E-state index in [0.717, 1.165) is 16.2 Å². The lowest BCUT2D eigenvalue weighted by molar-refractivity contribution is 0.00578. The molecule has 2 aromatic rings. The van der Waals surface area contributed by atoms with Crippen LogP contribution in [0.4, 0.5) is 5.82 Å². The second kappa shape index (κ2) is 4.20. The minimum Gasteiger partial charge on any atom is -0.399 e. The third kappa shape index (κ3) is 2.07. The van der Waals surface area contributed by atoms with Crippen molar-refractivity contribution in [2.45, 2.75) is 38.9 Å². The van der Waals surface area contributed by atoms with Gasteiger partial charge in [0.05, 0.1) is 11.2 Å². The molecule has 104 valence electrons. The molecule has 1 fully saturated rings. The Balaban J connectivity index is 1.98. The zero-order valence-corrected chi connectivity index (χ0v) is 12.3. The lowest BCUT2D eigenvalue weighted by Crippen LogP contribution is -2.41. The summed E-state index contributed by atoms with van der Waals surface area (Å²) in [7, 11) is -0.345. The van der Waals surface area contributed by atoms with E-state index in [-0.39, 0.29) is 18.3 Å². The highest BCUT2D eigenvalue weighted by Crippen LogP contribution is 2.36. The number of fused-ring (bicyclic) bond motifs is 1. The van der Waals surface area contributed by atoms with Crippen LogP contribution in [0.25, 0.3) is 10.8 Å². The molecule has 0 radical (unpaired) electrons. The number of benzene rings is 1. The molecule has 2 heterocycles. The molecular weight excluding hydrogens is 251 g/mol. The molecule has 0 amide bonds. The molecule has 0 atom stereocenters. The quantitative estimate of drug-likeness (QED) is 0.806. The summed E-state index contributed by atoms with van der Waals surface area (Å²) < 4.78 is 12.1. The normalized spacial score (nSPS) is 20.5. The molecule has 20 heavy (non-hydrogen) atoms. The first-order valence-electron chi connectivity index (χ1n) is 6.79. The molecule has 1 aromatic carbocycles. The Labute approximate surface area is 119 Å². The van der Waals surface area contributed by atoms with Crippen LogP contribution in [0.5, 0.6) is 0 Å². The smallest absolute Gasteiger partial charge is 0.399 e. The highest BCUT2D eigenvalue weighted by molar-refractivity contribution is 6.62. The van der Waals surface area contributed by atoms with E-state index in [1.807, 2.05) is 24.3 Å². The first-order valence-corrected chi connectivity index (χ1v) is 6.79. The van der Waals surface area contributed by atoms with Crippen LogP contribution in [0.1, 0.15) is 27.7 Å². The number of hydrogen-bond acceptors (Lipinski definition) is 4. The van der Waals surface area contributed by atoms with E-state index in [0.29, 0.717) is 5.82 Å². The van der Waals surface area contributed by atoms with Crippen LogP contribution in [-0.4, -0.2) is 23.3 Å². The van der Waals surface area contributed by atoms with Crippen LogP contribution in [0.2, 0.25) is 0 Å². The second-order valence-electron chi connectivity index (χ2n) is 6.30. The Morgan fingerprint density at radius 3 is 2.30 bits per heavy atom. The number of anilines is 1. The molecule has 3 rings (SSSR count). The van der Waals surface area contributed by atoms with Gasteiger partial charge in [-0.25, -0.2) is 4.98 Å². The predicted molar refractivity (Wildman–Crippen MR) is 81.9 cm³/mol. The molecule has 0 spiro atoms. The fourth-order valence-corrected chi connectivity index (χ4v) is 2.30. The van der Waals surface area contributed by atoms with Gasteiger partial charge in [0.25, 0.3) is 0 Å². The Morgan fingerprint density at radius 2 is 1.65 bits per heavy atom. The van der Waals surface area contributed by atoms with Gasteiger partial charge in [0.2, 0.25) is 0 Å². The number of aromatic nitrogens is 1. The van der Waals surface area contributed by atoms with Gasteiger partial charge in [0, 0.05) is 6.20 Å². The third-order valence-corrected chi connectivity index (χ3v) is 4.29. The summed E-state index contributed by atoms with van der Waals surface area (Å²) in [4.78, 5) is 4.13. The van der Waals surface area contributed by atoms with Gasteiger partial charge in [-0.1, -0.05) is 18.2 Å². The van der Waals surface area contributed by atoms with Crippen LogP contribution in [0.3, 0.4) is 0 Å². The molecule has 1 saturated heterocycles. The average Bonchev–Trinajstić information content (AvgIpc) is 2.58. The van der Waals surface area contributed by atoms with Crippen LogP contribution >= 0.6 is 0 Å². The Morgan fingerprint density at radius 1 is 1.00 bits per heavy atom. The van der Waals surface area contributed by atoms with Gasteiger partial charge < -0.3 is 15.0 Å². The molecule has 1 aliphatic heterocycles. The van der Waals surface area contributed by atoms with E-state index in [9.17, 15) is 0 Å². The van der Waals surface area contributed by atoms with Crippen molar-refractivity contribution in [1.29, 1.82) is 0 Å². The van der Waals surface area contributed by atoms with E-state index in [4.69, 9.17) is 15.0 Å². The van der Waals surface area contributed by atoms with E-state index in [1.54, 1.807) is 6.20 Å². The first-order chi connectivity index (χ1) is 9.28. The fourth-order valence-electron chi connectivity index (χ4n) is 2.30. The SMILES string of the molecule is CC1(C)OB(c2ccc3cc(N)ncc3c2)OC1(C)C. The highest BCUT2D eigenvalue weighted by Gasteiger charge is 2.51. The monoisotopic (exact) mass is 270 g/mol. The summed E-state index contributed by atoms with van der Waals surface area (Å²) in [5, 5.41) is 2.10. The van der Waals surface area contributed by atoms with E-state index < -0.39 is 0 Å². The number of nitrogen functional groups attached to an aromatic ring is 1. The average molecular weight is 270 g/mol. The maximum Gasteiger partial charge on any atom is 0.494 e. The van der Waals surface area contributed by atoms with Crippen molar-refractivity contribution in [3.8, 4) is 0 Å².